The maximum atomic E-state index is 11.5. The monoisotopic (exact) mass is 298 g/mol. The van der Waals surface area contributed by atoms with Gasteiger partial charge in [0, 0.05) is 7.11 Å². The Morgan fingerprint density at radius 1 is 1.05 bits per heavy atom. The fraction of sp³-hybridized carbons (Fsp3) is 0.778. The van der Waals surface area contributed by atoms with Crippen LogP contribution in [0.1, 0.15) is 12.8 Å². The van der Waals surface area contributed by atoms with E-state index in [-0.39, 0.29) is 19.5 Å². The smallest absolute Gasteiger partial charge is 0.399 e. The second kappa shape index (κ2) is 9.59. The van der Waals surface area contributed by atoms with Crippen molar-refractivity contribution in [1.82, 2.24) is 0 Å². The molecule has 0 aliphatic carbocycles. The van der Waals surface area contributed by atoms with Crippen LogP contribution < -0.4 is 0 Å². The van der Waals surface area contributed by atoms with Crippen molar-refractivity contribution >= 4 is 12.3 Å². The first-order valence-corrected chi connectivity index (χ1v) is 4.73. The Balaban J connectivity index is 0. The second-order valence-corrected chi connectivity index (χ2v) is 2.99. The summed E-state index contributed by atoms with van der Waals surface area (Å²) in [5, 5.41) is 0. The molecule has 0 aromatic carbocycles. The van der Waals surface area contributed by atoms with Crippen LogP contribution in [0.5, 0.6) is 0 Å². The number of rotatable bonds is 5. The molecule has 0 radical (unpaired) electrons. The van der Waals surface area contributed by atoms with E-state index in [0.717, 1.165) is 0 Å². The summed E-state index contributed by atoms with van der Waals surface area (Å²) in [5.74, 6) is -1.28. The molecule has 10 heteroatoms. The van der Waals surface area contributed by atoms with Crippen LogP contribution >= 0.6 is 0 Å². The van der Waals surface area contributed by atoms with Crippen LogP contribution in [0.3, 0.4) is 0 Å². The van der Waals surface area contributed by atoms with Crippen molar-refractivity contribution in [2.75, 3.05) is 20.3 Å². The number of carbonyl (C=O) groups is 2. The van der Waals surface area contributed by atoms with Gasteiger partial charge in [0.15, 0.2) is 0 Å². The van der Waals surface area contributed by atoms with Gasteiger partial charge in [-0.2, -0.15) is 26.3 Å². The van der Waals surface area contributed by atoms with Crippen molar-refractivity contribution in [3.63, 3.8) is 0 Å². The zero-order valence-electron chi connectivity index (χ0n) is 9.81. The lowest BCUT2D eigenvalue weighted by Crippen LogP contribution is -2.18. The molecule has 0 unspecified atom stereocenters. The number of ether oxygens (including phenoxy) is 2. The largest absolute Gasteiger partial charge is 0.463 e. The van der Waals surface area contributed by atoms with E-state index in [2.05, 4.69) is 9.47 Å². The van der Waals surface area contributed by atoms with Crippen molar-refractivity contribution in [2.45, 2.75) is 25.2 Å². The first kappa shape index (κ1) is 20.0. The van der Waals surface area contributed by atoms with Crippen LogP contribution in [0.2, 0.25) is 0 Å². The lowest BCUT2D eigenvalue weighted by atomic mass is 10.4. The van der Waals surface area contributed by atoms with Crippen LogP contribution in [0, 0.1) is 0 Å². The van der Waals surface area contributed by atoms with Crippen molar-refractivity contribution in [3.05, 3.63) is 0 Å². The summed E-state index contributed by atoms with van der Waals surface area (Å²) in [5.41, 5.74) is 0. The maximum absolute atomic E-state index is 11.5. The van der Waals surface area contributed by atoms with Crippen molar-refractivity contribution in [1.29, 1.82) is 0 Å². The third-order valence-electron chi connectivity index (χ3n) is 1.21. The molecule has 0 heterocycles. The van der Waals surface area contributed by atoms with E-state index < -0.39 is 31.2 Å². The number of alkyl halides is 6. The summed E-state index contributed by atoms with van der Waals surface area (Å²) in [7, 11) is 1.36. The normalized spacial score (nSPS) is 11.3. The molecule has 0 N–H and O–H groups in total. The fourth-order valence-electron chi connectivity index (χ4n) is 0.548. The predicted octanol–water partition coefficient (Wildman–Crippen LogP) is 2.27. The third kappa shape index (κ3) is 22.4. The second-order valence-electron chi connectivity index (χ2n) is 2.99. The average molecular weight is 298 g/mol. The minimum atomic E-state index is -4.50. The van der Waals surface area contributed by atoms with Gasteiger partial charge in [-0.25, -0.2) is 0 Å². The van der Waals surface area contributed by atoms with Crippen LogP contribution in [0.4, 0.5) is 26.3 Å². The average Bonchev–Trinajstić information content (AvgIpc) is 2.14. The highest BCUT2D eigenvalue weighted by Crippen LogP contribution is 2.19. The molecule has 4 nitrogen and oxygen atoms in total. The number of aldehydes is 1. The topological polar surface area (TPSA) is 52.6 Å². The van der Waals surface area contributed by atoms with Gasteiger partial charge in [-0.15, -0.1) is 0 Å². The Morgan fingerprint density at radius 3 is 1.84 bits per heavy atom. The number of halogens is 6. The number of methoxy groups -OCH3 is 1. The first-order valence-electron chi connectivity index (χ1n) is 4.73. The molecule has 0 saturated heterocycles. The highest BCUT2D eigenvalue weighted by atomic mass is 19.4. The van der Waals surface area contributed by atoms with Gasteiger partial charge >= 0.3 is 18.3 Å². The van der Waals surface area contributed by atoms with Crippen molar-refractivity contribution in [2.24, 2.45) is 0 Å². The van der Waals surface area contributed by atoms with Gasteiger partial charge in [-0.3, -0.25) is 4.79 Å². The number of carbonyl (C=O) groups excluding carboxylic acids is 2. The van der Waals surface area contributed by atoms with Gasteiger partial charge < -0.3 is 14.3 Å². The predicted molar refractivity (Wildman–Crippen MR) is 50.2 cm³/mol. The van der Waals surface area contributed by atoms with Crippen molar-refractivity contribution < 1.29 is 45.4 Å². The fourth-order valence-corrected chi connectivity index (χ4v) is 0.548. The summed E-state index contributed by atoms with van der Waals surface area (Å²) in [4.78, 5) is 19.4. The van der Waals surface area contributed by atoms with E-state index in [1.165, 1.54) is 7.11 Å². The maximum Gasteiger partial charge on any atom is 0.399 e. The van der Waals surface area contributed by atoms with Crippen LogP contribution in [0.15, 0.2) is 0 Å². The molecule has 0 aromatic rings. The van der Waals surface area contributed by atoms with Gasteiger partial charge in [0.25, 0.3) is 0 Å². The van der Waals surface area contributed by atoms with Gasteiger partial charge in [0.2, 0.25) is 0 Å². The van der Waals surface area contributed by atoms with Crippen LogP contribution in [-0.4, -0.2) is 44.9 Å². The lowest BCUT2D eigenvalue weighted by Gasteiger charge is -2.06. The van der Waals surface area contributed by atoms with E-state index in [4.69, 9.17) is 4.79 Å². The standard InChI is InChI=1S/C6H9F3O3.C3H3F3O/c1-11-2-3-12-5(10)4-6(7,8)9;4-3(5,6)1-2-7/h2-4H2,1H3;2H,1H2. The molecule has 0 amide bonds. The molecule has 0 aliphatic rings. The Bertz CT molecular complexity index is 260. The Kier molecular flexibility index (Phi) is 10.1. The first-order chi connectivity index (χ1) is 8.52. The molecule has 0 spiro atoms. The van der Waals surface area contributed by atoms with E-state index >= 15 is 0 Å². The van der Waals surface area contributed by atoms with E-state index in [9.17, 15) is 31.1 Å². The van der Waals surface area contributed by atoms with Crippen LogP contribution in [-0.2, 0) is 19.1 Å². The number of hydrogen-bond acceptors (Lipinski definition) is 4. The quantitative estimate of drug-likeness (QED) is 0.338. The van der Waals surface area contributed by atoms with Crippen LogP contribution in [0.25, 0.3) is 0 Å². The number of hydrogen-bond donors (Lipinski definition) is 0. The molecule has 114 valence electrons. The molecule has 19 heavy (non-hydrogen) atoms. The zero-order chi connectivity index (χ0) is 15.5. The van der Waals surface area contributed by atoms with Gasteiger partial charge in [-0.05, 0) is 0 Å². The molecule has 0 atom stereocenters. The highest BCUT2D eigenvalue weighted by Gasteiger charge is 2.32. The van der Waals surface area contributed by atoms with E-state index in [0.29, 0.717) is 0 Å². The molecule has 0 aromatic heterocycles. The Hall–Kier alpha value is -1.32. The minimum Gasteiger partial charge on any atom is -0.463 e. The number of esters is 1. The van der Waals surface area contributed by atoms with E-state index in [1.54, 1.807) is 0 Å². The molecule has 0 bridgehead atoms. The van der Waals surface area contributed by atoms with Crippen molar-refractivity contribution in [3.8, 4) is 0 Å². The third-order valence-corrected chi connectivity index (χ3v) is 1.21. The summed E-state index contributed by atoms with van der Waals surface area (Å²) in [6.45, 7) is -0.0466. The van der Waals surface area contributed by atoms with E-state index in [1.807, 2.05) is 0 Å². The van der Waals surface area contributed by atoms with Gasteiger partial charge in [0.05, 0.1) is 13.0 Å². The SMILES string of the molecule is COCCOC(=O)CC(F)(F)F.O=CCC(F)(F)F. The summed E-state index contributed by atoms with van der Waals surface area (Å²) in [6, 6.07) is 0. The summed E-state index contributed by atoms with van der Waals surface area (Å²) in [6.07, 6.45) is -11.9. The summed E-state index contributed by atoms with van der Waals surface area (Å²) < 4.78 is 75.6. The van der Waals surface area contributed by atoms with Gasteiger partial charge in [-0.1, -0.05) is 0 Å². The Morgan fingerprint density at radius 2 is 1.58 bits per heavy atom. The molecule has 0 saturated carbocycles. The highest BCUT2D eigenvalue weighted by molar-refractivity contribution is 5.70. The summed E-state index contributed by atoms with van der Waals surface area (Å²) >= 11 is 0. The molecule has 0 rings (SSSR count). The van der Waals surface area contributed by atoms with Gasteiger partial charge in [0.1, 0.15) is 19.3 Å². The molecular weight excluding hydrogens is 286 g/mol. The minimum absolute atomic E-state index is 0.101. The lowest BCUT2D eigenvalue weighted by molar-refractivity contribution is -0.172. The molecule has 0 fully saturated rings. The zero-order valence-corrected chi connectivity index (χ0v) is 9.81. The molecule has 0 aliphatic heterocycles. The molecular formula is C9H12F6O4. The Labute approximate surface area is 104 Å².